The first-order valence-corrected chi connectivity index (χ1v) is 7.45. The van der Waals surface area contributed by atoms with Crippen molar-refractivity contribution in [2.45, 2.75) is 44.7 Å². The van der Waals surface area contributed by atoms with Gasteiger partial charge >= 0.3 is 0 Å². The molecule has 0 spiro atoms. The molecule has 3 heteroatoms. The minimum Gasteiger partial charge on any atom is -0.310 e. The van der Waals surface area contributed by atoms with E-state index in [-0.39, 0.29) is 0 Å². The molecule has 2 rings (SSSR count). The average Bonchev–Trinajstić information content (AvgIpc) is 2.94. The summed E-state index contributed by atoms with van der Waals surface area (Å²) in [6.45, 7) is 2.17. The van der Waals surface area contributed by atoms with E-state index in [4.69, 9.17) is 0 Å². The molecule has 14 heavy (non-hydrogen) atoms. The Morgan fingerprint density at radius 2 is 1.79 bits per heavy atom. The van der Waals surface area contributed by atoms with Crippen LogP contribution in [-0.4, -0.2) is 28.3 Å². The fourth-order valence-electron chi connectivity index (χ4n) is 2.30. The third-order valence-electron chi connectivity index (χ3n) is 3.22. The zero-order valence-electron chi connectivity index (χ0n) is 9.16. The number of hydrogen-bond acceptors (Lipinski definition) is 2. The Labute approximate surface area is 89.3 Å². The lowest BCUT2D eigenvalue weighted by Crippen LogP contribution is -2.42. The van der Waals surface area contributed by atoms with Crippen molar-refractivity contribution in [1.82, 2.24) is 5.32 Å². The molecule has 0 radical (unpaired) electrons. The zero-order chi connectivity index (χ0) is 10.1. The second-order valence-electron chi connectivity index (χ2n) is 5.01. The molecule has 0 aromatic rings. The highest BCUT2D eigenvalue weighted by Gasteiger charge is 2.41. The van der Waals surface area contributed by atoms with Crippen LogP contribution in [0.2, 0.25) is 0 Å². The van der Waals surface area contributed by atoms with E-state index in [2.05, 4.69) is 12.2 Å². The summed E-state index contributed by atoms with van der Waals surface area (Å²) in [4.78, 5) is 0. The summed E-state index contributed by atoms with van der Waals surface area (Å²) in [6, 6.07) is 1.17. The van der Waals surface area contributed by atoms with Crippen LogP contribution < -0.4 is 5.32 Å². The molecule has 2 aliphatic carbocycles. The first kappa shape index (κ1) is 10.6. The molecule has 2 aliphatic rings. The van der Waals surface area contributed by atoms with Gasteiger partial charge in [-0.25, -0.2) is 0 Å². The van der Waals surface area contributed by atoms with E-state index in [0.717, 1.165) is 23.6 Å². The van der Waals surface area contributed by atoms with Gasteiger partial charge in [0.1, 0.15) is 0 Å². The minimum absolute atomic E-state index is 0.423. The Balaban J connectivity index is 1.77. The molecule has 0 bridgehead atoms. The Morgan fingerprint density at radius 1 is 1.29 bits per heavy atom. The molecule has 0 saturated heterocycles. The number of nitrogens with one attached hydrogen (secondary N) is 1. The summed E-state index contributed by atoms with van der Waals surface area (Å²) in [6.07, 6.45) is 7.44. The van der Waals surface area contributed by atoms with Crippen molar-refractivity contribution in [1.29, 1.82) is 0 Å². The van der Waals surface area contributed by atoms with Crippen molar-refractivity contribution < 1.29 is 4.21 Å². The maximum absolute atomic E-state index is 11.1. The predicted molar refractivity (Wildman–Crippen MR) is 60.8 cm³/mol. The van der Waals surface area contributed by atoms with E-state index in [9.17, 15) is 4.21 Å². The van der Waals surface area contributed by atoms with Crippen LogP contribution in [0.1, 0.15) is 32.6 Å². The van der Waals surface area contributed by atoms with Crippen molar-refractivity contribution in [3.63, 3.8) is 0 Å². The van der Waals surface area contributed by atoms with Crippen molar-refractivity contribution >= 4 is 10.8 Å². The van der Waals surface area contributed by atoms with E-state index < -0.39 is 10.8 Å². The summed E-state index contributed by atoms with van der Waals surface area (Å²) >= 11 is 0. The van der Waals surface area contributed by atoms with Crippen LogP contribution in [0.5, 0.6) is 0 Å². The van der Waals surface area contributed by atoms with Gasteiger partial charge in [0.05, 0.1) is 0 Å². The zero-order valence-corrected chi connectivity index (χ0v) is 9.98. The third kappa shape index (κ3) is 3.06. The van der Waals surface area contributed by atoms with Crippen LogP contribution in [0, 0.1) is 11.8 Å². The Morgan fingerprint density at radius 3 is 2.14 bits per heavy atom. The molecule has 0 heterocycles. The van der Waals surface area contributed by atoms with Gasteiger partial charge in [0, 0.05) is 34.9 Å². The van der Waals surface area contributed by atoms with Gasteiger partial charge in [-0.3, -0.25) is 4.21 Å². The molecule has 2 unspecified atom stereocenters. The Hall–Kier alpha value is 0.110. The van der Waals surface area contributed by atoms with Crippen molar-refractivity contribution in [3.8, 4) is 0 Å². The van der Waals surface area contributed by atoms with Crippen LogP contribution in [-0.2, 0) is 10.8 Å². The van der Waals surface area contributed by atoms with Gasteiger partial charge in [0.25, 0.3) is 0 Å². The van der Waals surface area contributed by atoms with Gasteiger partial charge in [-0.05, 0) is 44.4 Å². The Kier molecular flexibility index (Phi) is 3.27. The van der Waals surface area contributed by atoms with Gasteiger partial charge in [0.2, 0.25) is 0 Å². The molecule has 2 nitrogen and oxygen atoms in total. The van der Waals surface area contributed by atoms with E-state index in [1.165, 1.54) is 25.7 Å². The highest BCUT2D eigenvalue weighted by Crippen LogP contribution is 2.44. The van der Waals surface area contributed by atoms with Crippen molar-refractivity contribution in [2.24, 2.45) is 11.8 Å². The van der Waals surface area contributed by atoms with Crippen LogP contribution in [0.4, 0.5) is 0 Å². The van der Waals surface area contributed by atoms with E-state index in [0.29, 0.717) is 6.04 Å². The van der Waals surface area contributed by atoms with Crippen molar-refractivity contribution in [2.75, 3.05) is 12.0 Å². The van der Waals surface area contributed by atoms with Crippen LogP contribution in [0.3, 0.4) is 0 Å². The van der Waals surface area contributed by atoms with Crippen LogP contribution in [0.25, 0.3) is 0 Å². The lowest BCUT2D eigenvalue weighted by Gasteiger charge is -2.22. The summed E-state index contributed by atoms with van der Waals surface area (Å²) in [5, 5.41) is 3.68. The summed E-state index contributed by atoms with van der Waals surface area (Å²) in [7, 11) is -0.660. The molecule has 2 fully saturated rings. The normalized spacial score (nSPS) is 26.5. The second-order valence-corrected chi connectivity index (χ2v) is 6.49. The predicted octanol–water partition coefficient (Wildman–Crippen LogP) is 1.53. The molecular weight excluding hydrogens is 194 g/mol. The molecule has 82 valence electrons. The van der Waals surface area contributed by atoms with Crippen LogP contribution >= 0.6 is 0 Å². The van der Waals surface area contributed by atoms with Gasteiger partial charge < -0.3 is 5.32 Å². The maximum atomic E-state index is 11.1. The molecule has 2 atom stereocenters. The minimum atomic E-state index is -0.660. The molecular formula is C11H21NOS. The first-order chi connectivity index (χ1) is 6.66. The summed E-state index contributed by atoms with van der Waals surface area (Å²) in [5.41, 5.74) is 0. The lowest BCUT2D eigenvalue weighted by atomic mass is 10.1. The van der Waals surface area contributed by atoms with Gasteiger partial charge in [-0.1, -0.05) is 0 Å². The fraction of sp³-hybridized carbons (Fsp3) is 1.00. The second kappa shape index (κ2) is 4.31. The number of hydrogen-bond donors (Lipinski definition) is 1. The van der Waals surface area contributed by atoms with Gasteiger partial charge in [-0.15, -0.1) is 0 Å². The summed E-state index contributed by atoms with van der Waals surface area (Å²) in [5.74, 6) is 2.68. The van der Waals surface area contributed by atoms with E-state index in [1.807, 2.05) is 0 Å². The maximum Gasteiger partial charge on any atom is 0.0383 e. The first-order valence-electron chi connectivity index (χ1n) is 5.73. The third-order valence-corrected chi connectivity index (χ3v) is 4.19. The monoisotopic (exact) mass is 215 g/mol. The smallest absolute Gasteiger partial charge is 0.0383 e. The van der Waals surface area contributed by atoms with E-state index in [1.54, 1.807) is 6.26 Å². The van der Waals surface area contributed by atoms with Crippen LogP contribution in [0.15, 0.2) is 0 Å². The molecule has 0 amide bonds. The van der Waals surface area contributed by atoms with E-state index >= 15 is 0 Å². The van der Waals surface area contributed by atoms with Gasteiger partial charge in [0.15, 0.2) is 0 Å². The molecule has 0 aromatic carbocycles. The SMILES string of the molecule is CC(CS(C)=O)NC(C1CC1)C1CC1. The Bertz CT molecular complexity index is 211. The molecule has 1 N–H and O–H groups in total. The largest absolute Gasteiger partial charge is 0.310 e. The molecule has 0 aromatic heterocycles. The highest BCUT2D eigenvalue weighted by atomic mass is 32.2. The lowest BCUT2D eigenvalue weighted by molar-refractivity contribution is 0.386. The quantitative estimate of drug-likeness (QED) is 0.728. The average molecular weight is 215 g/mol. The van der Waals surface area contributed by atoms with Gasteiger partial charge in [-0.2, -0.15) is 0 Å². The topological polar surface area (TPSA) is 29.1 Å². The number of rotatable bonds is 6. The molecule has 2 saturated carbocycles. The standard InChI is InChI=1S/C11H21NOS/c1-8(7-14(2)13)12-11(9-3-4-9)10-5-6-10/h8-12H,3-7H2,1-2H3. The summed E-state index contributed by atoms with van der Waals surface area (Å²) < 4.78 is 11.1. The highest BCUT2D eigenvalue weighted by molar-refractivity contribution is 7.84. The fourth-order valence-corrected chi connectivity index (χ4v) is 3.10. The van der Waals surface area contributed by atoms with Crippen molar-refractivity contribution in [3.05, 3.63) is 0 Å². The molecule has 0 aliphatic heterocycles.